The highest BCUT2D eigenvalue weighted by Crippen LogP contribution is 2.21. The van der Waals surface area contributed by atoms with Gasteiger partial charge in [-0.3, -0.25) is 4.79 Å². The molecule has 21 heavy (non-hydrogen) atoms. The van der Waals surface area contributed by atoms with Crippen molar-refractivity contribution in [1.82, 2.24) is 5.32 Å². The van der Waals surface area contributed by atoms with E-state index in [0.717, 1.165) is 11.1 Å². The van der Waals surface area contributed by atoms with E-state index in [4.69, 9.17) is 9.84 Å². The maximum Gasteiger partial charge on any atom is 0.326 e. The third-order valence-electron chi connectivity index (χ3n) is 3.33. The summed E-state index contributed by atoms with van der Waals surface area (Å²) in [5, 5.41) is 11.7. The zero-order valence-corrected chi connectivity index (χ0v) is 13.2. The summed E-state index contributed by atoms with van der Waals surface area (Å²) in [5.74, 6) is -0.867. The van der Waals surface area contributed by atoms with E-state index in [-0.39, 0.29) is 6.61 Å². The van der Waals surface area contributed by atoms with Crippen LogP contribution in [-0.2, 0) is 9.59 Å². The van der Waals surface area contributed by atoms with Crippen molar-refractivity contribution in [3.8, 4) is 5.75 Å². The second-order valence-corrected chi connectivity index (χ2v) is 6.19. The normalized spacial score (nSPS) is 12.6. The van der Waals surface area contributed by atoms with Crippen LogP contribution in [-0.4, -0.2) is 29.6 Å². The third kappa shape index (κ3) is 4.77. The number of ether oxygens (including phenoxy) is 1. The van der Waals surface area contributed by atoms with Crippen LogP contribution in [0, 0.1) is 19.3 Å². The molecule has 0 bridgehead atoms. The number of carbonyl (C=O) groups is 2. The predicted octanol–water partition coefficient (Wildman–Crippen LogP) is 2.30. The largest absolute Gasteiger partial charge is 0.483 e. The zero-order valence-electron chi connectivity index (χ0n) is 13.2. The van der Waals surface area contributed by atoms with Gasteiger partial charge in [0.15, 0.2) is 6.61 Å². The average molecular weight is 293 g/mol. The van der Waals surface area contributed by atoms with Crippen molar-refractivity contribution in [2.45, 2.75) is 40.7 Å². The number of amides is 1. The standard InChI is InChI=1S/C16H23NO4/c1-10-7-6-8-12(11(10)2)21-9-13(18)17-14(15(19)20)16(3,4)5/h6-8,14H,9H2,1-5H3,(H,17,18)(H,19,20)/t14-/m1/s1. The predicted molar refractivity (Wildman–Crippen MR) is 80.4 cm³/mol. The summed E-state index contributed by atoms with van der Waals surface area (Å²) in [6, 6.07) is 4.65. The first kappa shape index (κ1) is 17.0. The molecule has 1 atom stereocenters. The van der Waals surface area contributed by atoms with Gasteiger partial charge in [-0.2, -0.15) is 0 Å². The van der Waals surface area contributed by atoms with Crippen LogP contribution in [0.3, 0.4) is 0 Å². The van der Waals surface area contributed by atoms with E-state index < -0.39 is 23.3 Å². The van der Waals surface area contributed by atoms with Gasteiger partial charge in [0, 0.05) is 0 Å². The lowest BCUT2D eigenvalue weighted by molar-refractivity contribution is -0.145. The molecule has 0 unspecified atom stereocenters. The molecule has 0 saturated heterocycles. The van der Waals surface area contributed by atoms with E-state index >= 15 is 0 Å². The molecule has 0 spiro atoms. The Morgan fingerprint density at radius 3 is 2.43 bits per heavy atom. The number of aryl methyl sites for hydroxylation is 1. The quantitative estimate of drug-likeness (QED) is 0.873. The summed E-state index contributed by atoms with van der Waals surface area (Å²) in [5.41, 5.74) is 1.47. The molecule has 0 aromatic heterocycles. The number of carboxylic acid groups (broad SMARTS) is 1. The lowest BCUT2D eigenvalue weighted by atomic mass is 9.87. The van der Waals surface area contributed by atoms with Crippen LogP contribution in [0.25, 0.3) is 0 Å². The van der Waals surface area contributed by atoms with E-state index in [1.165, 1.54) is 0 Å². The van der Waals surface area contributed by atoms with Crippen LogP contribution < -0.4 is 10.1 Å². The second kappa shape index (κ2) is 6.61. The van der Waals surface area contributed by atoms with Gasteiger partial charge < -0.3 is 15.2 Å². The Labute approximate surface area is 125 Å². The van der Waals surface area contributed by atoms with Gasteiger partial charge >= 0.3 is 5.97 Å². The first-order valence-electron chi connectivity index (χ1n) is 6.84. The SMILES string of the molecule is Cc1cccc(OCC(=O)N[C@H](C(=O)O)C(C)(C)C)c1C. The molecular formula is C16H23NO4. The fourth-order valence-corrected chi connectivity index (χ4v) is 1.88. The molecule has 1 aromatic carbocycles. The number of rotatable bonds is 5. The number of nitrogens with one attached hydrogen (secondary N) is 1. The Balaban J connectivity index is 2.66. The Morgan fingerprint density at radius 2 is 1.90 bits per heavy atom. The van der Waals surface area contributed by atoms with Gasteiger partial charge in [0.05, 0.1) is 0 Å². The van der Waals surface area contributed by atoms with Gasteiger partial charge in [0.1, 0.15) is 11.8 Å². The van der Waals surface area contributed by atoms with Gasteiger partial charge in [0.25, 0.3) is 5.91 Å². The third-order valence-corrected chi connectivity index (χ3v) is 3.33. The Hall–Kier alpha value is -2.04. The van der Waals surface area contributed by atoms with Gasteiger partial charge in [-0.15, -0.1) is 0 Å². The molecule has 1 rings (SSSR count). The Kier molecular flexibility index (Phi) is 5.35. The van der Waals surface area contributed by atoms with Gasteiger partial charge in [-0.05, 0) is 36.5 Å². The van der Waals surface area contributed by atoms with Crippen molar-refractivity contribution in [2.24, 2.45) is 5.41 Å². The molecule has 0 aliphatic heterocycles. The molecule has 2 N–H and O–H groups in total. The lowest BCUT2D eigenvalue weighted by Gasteiger charge is -2.27. The van der Waals surface area contributed by atoms with Crippen LogP contribution in [0.5, 0.6) is 5.75 Å². The zero-order chi connectivity index (χ0) is 16.2. The molecule has 1 amide bonds. The number of hydrogen-bond acceptors (Lipinski definition) is 3. The molecule has 5 heteroatoms. The molecule has 116 valence electrons. The molecule has 0 saturated carbocycles. The molecule has 0 radical (unpaired) electrons. The summed E-state index contributed by atoms with van der Waals surface area (Å²) in [4.78, 5) is 23.1. The highest BCUT2D eigenvalue weighted by Gasteiger charge is 2.32. The number of benzene rings is 1. The summed E-state index contributed by atoms with van der Waals surface area (Å²) in [6.07, 6.45) is 0. The highest BCUT2D eigenvalue weighted by molar-refractivity contribution is 5.84. The minimum atomic E-state index is -1.05. The van der Waals surface area contributed by atoms with Crippen LogP contribution in [0.4, 0.5) is 0 Å². The maximum absolute atomic E-state index is 11.9. The van der Waals surface area contributed by atoms with E-state index in [0.29, 0.717) is 5.75 Å². The van der Waals surface area contributed by atoms with E-state index in [1.807, 2.05) is 26.0 Å². The summed E-state index contributed by atoms with van der Waals surface area (Å²) in [6.45, 7) is 8.96. The molecule has 0 fully saturated rings. The minimum absolute atomic E-state index is 0.204. The highest BCUT2D eigenvalue weighted by atomic mass is 16.5. The van der Waals surface area contributed by atoms with Crippen molar-refractivity contribution in [3.05, 3.63) is 29.3 Å². The van der Waals surface area contributed by atoms with Crippen molar-refractivity contribution in [2.75, 3.05) is 6.61 Å². The molecule has 0 aliphatic rings. The summed E-state index contributed by atoms with van der Waals surface area (Å²) in [7, 11) is 0. The topological polar surface area (TPSA) is 75.6 Å². The number of carboxylic acids is 1. The van der Waals surface area contributed by atoms with E-state index in [9.17, 15) is 9.59 Å². The monoisotopic (exact) mass is 293 g/mol. The number of aliphatic carboxylic acids is 1. The molecule has 5 nitrogen and oxygen atoms in total. The fraction of sp³-hybridized carbons (Fsp3) is 0.500. The lowest BCUT2D eigenvalue weighted by Crippen LogP contribution is -2.50. The molecule has 0 aliphatic carbocycles. The maximum atomic E-state index is 11.9. The van der Waals surface area contributed by atoms with Crippen LogP contribution >= 0.6 is 0 Å². The van der Waals surface area contributed by atoms with E-state index in [2.05, 4.69) is 5.32 Å². The first-order valence-corrected chi connectivity index (χ1v) is 6.84. The number of carbonyl (C=O) groups excluding carboxylic acids is 1. The first-order chi connectivity index (χ1) is 9.62. The van der Waals surface area contributed by atoms with Crippen LogP contribution in [0.1, 0.15) is 31.9 Å². The smallest absolute Gasteiger partial charge is 0.326 e. The van der Waals surface area contributed by atoms with Crippen molar-refractivity contribution in [1.29, 1.82) is 0 Å². The summed E-state index contributed by atoms with van der Waals surface area (Å²) >= 11 is 0. The van der Waals surface area contributed by atoms with Crippen LogP contribution in [0.15, 0.2) is 18.2 Å². The number of hydrogen-bond donors (Lipinski definition) is 2. The molecule has 0 heterocycles. The minimum Gasteiger partial charge on any atom is -0.483 e. The van der Waals surface area contributed by atoms with Crippen molar-refractivity contribution < 1.29 is 19.4 Å². The molecule has 1 aromatic rings. The van der Waals surface area contributed by atoms with Gasteiger partial charge in [-0.1, -0.05) is 32.9 Å². The van der Waals surface area contributed by atoms with Gasteiger partial charge in [-0.25, -0.2) is 4.79 Å². The Morgan fingerprint density at radius 1 is 1.29 bits per heavy atom. The second-order valence-electron chi connectivity index (χ2n) is 6.19. The van der Waals surface area contributed by atoms with Gasteiger partial charge in [0.2, 0.25) is 0 Å². The van der Waals surface area contributed by atoms with Crippen LogP contribution in [0.2, 0.25) is 0 Å². The van der Waals surface area contributed by atoms with Crippen molar-refractivity contribution >= 4 is 11.9 Å². The molecular weight excluding hydrogens is 270 g/mol. The fourth-order valence-electron chi connectivity index (χ4n) is 1.88. The Bertz CT molecular complexity index is 532. The van der Waals surface area contributed by atoms with E-state index in [1.54, 1.807) is 26.8 Å². The van der Waals surface area contributed by atoms with Crippen molar-refractivity contribution in [3.63, 3.8) is 0 Å². The summed E-state index contributed by atoms with van der Waals surface area (Å²) < 4.78 is 5.47. The average Bonchev–Trinajstić information content (AvgIpc) is 2.36.